The summed E-state index contributed by atoms with van der Waals surface area (Å²) in [6.07, 6.45) is 0. The van der Waals surface area contributed by atoms with Gasteiger partial charge in [-0.05, 0) is 28.1 Å². The number of hydrogen-bond acceptors (Lipinski definition) is 3. The summed E-state index contributed by atoms with van der Waals surface area (Å²) >= 11 is 9.27. The number of nitrogens with two attached hydrogens (primary N) is 1. The van der Waals surface area contributed by atoms with E-state index in [1.165, 1.54) is 0 Å². The smallest absolute Gasteiger partial charge is 0.184 e. The van der Waals surface area contributed by atoms with Crippen molar-refractivity contribution in [1.29, 1.82) is 0 Å². The van der Waals surface area contributed by atoms with Crippen LogP contribution < -0.4 is 5.73 Å². The minimum atomic E-state index is 0.319. The topological polar surface area (TPSA) is 52.0 Å². The first kappa shape index (κ1) is 9.55. The van der Waals surface area contributed by atoms with E-state index in [0.29, 0.717) is 21.1 Å². The Kier molecular flexibility index (Phi) is 2.48. The second-order valence-electron chi connectivity index (χ2n) is 2.69. The molecule has 0 aliphatic heterocycles. The first-order valence-electron chi connectivity index (χ1n) is 3.85. The Morgan fingerprint density at radius 3 is 2.64 bits per heavy atom. The highest BCUT2D eigenvalue weighted by Crippen LogP contribution is 2.35. The van der Waals surface area contributed by atoms with Gasteiger partial charge in [-0.2, -0.15) is 0 Å². The lowest BCUT2D eigenvalue weighted by atomic mass is 10.2. The molecule has 3 nitrogen and oxygen atoms in total. The van der Waals surface area contributed by atoms with Crippen LogP contribution in [0.15, 0.2) is 33.3 Å². The van der Waals surface area contributed by atoms with E-state index < -0.39 is 0 Å². The van der Waals surface area contributed by atoms with Crippen molar-refractivity contribution in [3.8, 4) is 11.3 Å². The Labute approximate surface area is 94.0 Å². The van der Waals surface area contributed by atoms with E-state index in [4.69, 9.17) is 21.9 Å². The molecule has 0 radical (unpaired) electrons. The van der Waals surface area contributed by atoms with Crippen LogP contribution in [-0.4, -0.2) is 5.16 Å². The third kappa shape index (κ3) is 1.51. The maximum absolute atomic E-state index is 5.99. The van der Waals surface area contributed by atoms with Crippen LogP contribution >= 0.6 is 27.5 Å². The summed E-state index contributed by atoms with van der Waals surface area (Å²) in [5.41, 5.74) is 6.30. The van der Waals surface area contributed by atoms with Crippen LogP contribution in [0.2, 0.25) is 5.02 Å². The molecular weight excluding hydrogens is 267 g/mol. The summed E-state index contributed by atoms with van der Waals surface area (Å²) in [7, 11) is 0. The third-order valence-electron chi connectivity index (χ3n) is 1.78. The minimum absolute atomic E-state index is 0.319. The monoisotopic (exact) mass is 272 g/mol. The van der Waals surface area contributed by atoms with Crippen LogP contribution in [0.4, 0.5) is 5.82 Å². The highest BCUT2D eigenvalue weighted by molar-refractivity contribution is 9.10. The maximum Gasteiger partial charge on any atom is 0.184 e. The molecule has 2 rings (SSSR count). The lowest BCUT2D eigenvalue weighted by Crippen LogP contribution is -1.83. The molecule has 1 heterocycles. The van der Waals surface area contributed by atoms with Gasteiger partial charge in [0.15, 0.2) is 11.6 Å². The van der Waals surface area contributed by atoms with Gasteiger partial charge in [0.25, 0.3) is 0 Å². The van der Waals surface area contributed by atoms with Gasteiger partial charge in [-0.1, -0.05) is 28.9 Å². The molecule has 0 bridgehead atoms. The van der Waals surface area contributed by atoms with Gasteiger partial charge in [0.1, 0.15) is 4.47 Å². The van der Waals surface area contributed by atoms with Crippen LogP contribution in [0, 0.1) is 0 Å². The number of nitrogen functional groups attached to an aromatic ring is 1. The molecule has 2 aromatic rings. The second-order valence-corrected chi connectivity index (χ2v) is 3.89. The van der Waals surface area contributed by atoms with Gasteiger partial charge in [-0.3, -0.25) is 0 Å². The molecule has 14 heavy (non-hydrogen) atoms. The summed E-state index contributed by atoms with van der Waals surface area (Å²) in [5.74, 6) is 0.869. The molecule has 0 amide bonds. The molecule has 72 valence electrons. The molecule has 0 spiro atoms. The molecule has 0 fully saturated rings. The number of rotatable bonds is 1. The standard InChI is InChI=1S/C9H6BrClN2O/c10-7-8(14-13-9(7)12)5-3-1-2-4-6(5)11/h1-4H,(H2,12,13). The van der Waals surface area contributed by atoms with Gasteiger partial charge in [0.2, 0.25) is 0 Å². The Balaban J connectivity index is 2.60. The fourth-order valence-electron chi connectivity index (χ4n) is 1.10. The first-order valence-corrected chi connectivity index (χ1v) is 5.03. The molecule has 0 aliphatic carbocycles. The first-order chi connectivity index (χ1) is 6.70. The van der Waals surface area contributed by atoms with Crippen molar-refractivity contribution >= 4 is 33.3 Å². The minimum Gasteiger partial charge on any atom is -0.380 e. The number of aromatic nitrogens is 1. The SMILES string of the molecule is Nc1noc(-c2ccccc2Cl)c1Br. The van der Waals surface area contributed by atoms with Crippen molar-refractivity contribution < 1.29 is 4.52 Å². The molecule has 1 aromatic heterocycles. The molecule has 0 unspecified atom stereocenters. The number of benzene rings is 1. The molecule has 0 aliphatic rings. The van der Waals surface area contributed by atoms with Crippen molar-refractivity contribution in [2.24, 2.45) is 0 Å². The van der Waals surface area contributed by atoms with E-state index in [9.17, 15) is 0 Å². The predicted octanol–water partition coefficient (Wildman–Crippen LogP) is 3.34. The van der Waals surface area contributed by atoms with Crippen LogP contribution in [0.25, 0.3) is 11.3 Å². The Morgan fingerprint density at radius 1 is 1.36 bits per heavy atom. The van der Waals surface area contributed by atoms with Crippen molar-refractivity contribution in [1.82, 2.24) is 5.16 Å². The average molecular weight is 274 g/mol. The number of nitrogens with zero attached hydrogens (tertiary/aromatic N) is 1. The molecule has 0 saturated carbocycles. The average Bonchev–Trinajstić information content (AvgIpc) is 2.49. The van der Waals surface area contributed by atoms with Crippen LogP contribution in [0.3, 0.4) is 0 Å². The zero-order valence-corrected chi connectivity index (χ0v) is 9.34. The van der Waals surface area contributed by atoms with Gasteiger partial charge in [0, 0.05) is 5.56 Å². The highest BCUT2D eigenvalue weighted by atomic mass is 79.9. The fraction of sp³-hybridized carbons (Fsp3) is 0. The third-order valence-corrected chi connectivity index (χ3v) is 2.87. The summed E-state index contributed by atoms with van der Waals surface area (Å²) in [4.78, 5) is 0. The van der Waals surface area contributed by atoms with Gasteiger partial charge < -0.3 is 10.3 Å². The number of hydrogen-bond donors (Lipinski definition) is 1. The van der Waals surface area contributed by atoms with E-state index in [-0.39, 0.29) is 0 Å². The fourth-order valence-corrected chi connectivity index (χ4v) is 1.68. The predicted molar refractivity (Wildman–Crippen MR) is 59.1 cm³/mol. The van der Waals surface area contributed by atoms with Gasteiger partial charge in [-0.15, -0.1) is 0 Å². The van der Waals surface area contributed by atoms with E-state index in [2.05, 4.69) is 21.1 Å². The Bertz CT molecular complexity index is 470. The van der Waals surface area contributed by atoms with Gasteiger partial charge in [0.05, 0.1) is 5.02 Å². The molecular formula is C9H6BrClN2O. The molecule has 1 aromatic carbocycles. The Morgan fingerprint density at radius 2 is 2.07 bits per heavy atom. The number of halogens is 2. The zero-order chi connectivity index (χ0) is 10.1. The normalized spacial score (nSPS) is 10.4. The summed E-state index contributed by atoms with van der Waals surface area (Å²) in [6.45, 7) is 0. The van der Waals surface area contributed by atoms with Crippen molar-refractivity contribution in [2.45, 2.75) is 0 Å². The van der Waals surface area contributed by atoms with E-state index in [0.717, 1.165) is 5.56 Å². The Hall–Kier alpha value is -1.000. The second kappa shape index (κ2) is 3.63. The lowest BCUT2D eigenvalue weighted by molar-refractivity contribution is 0.435. The van der Waals surface area contributed by atoms with E-state index >= 15 is 0 Å². The zero-order valence-electron chi connectivity index (χ0n) is 7.00. The lowest BCUT2D eigenvalue weighted by Gasteiger charge is -1.98. The van der Waals surface area contributed by atoms with Crippen LogP contribution in [0.1, 0.15) is 0 Å². The van der Waals surface area contributed by atoms with Gasteiger partial charge >= 0.3 is 0 Å². The van der Waals surface area contributed by atoms with Crippen LogP contribution in [0.5, 0.6) is 0 Å². The van der Waals surface area contributed by atoms with E-state index in [1.54, 1.807) is 6.07 Å². The highest BCUT2D eigenvalue weighted by Gasteiger charge is 2.14. The molecule has 0 atom stereocenters. The van der Waals surface area contributed by atoms with Gasteiger partial charge in [-0.25, -0.2) is 0 Å². The van der Waals surface area contributed by atoms with Crippen molar-refractivity contribution in [2.75, 3.05) is 5.73 Å². The summed E-state index contributed by atoms with van der Waals surface area (Å²) in [5, 5.41) is 4.23. The number of anilines is 1. The molecule has 0 saturated heterocycles. The quantitative estimate of drug-likeness (QED) is 0.867. The summed E-state index contributed by atoms with van der Waals surface area (Å²) < 4.78 is 5.69. The van der Waals surface area contributed by atoms with Crippen LogP contribution in [-0.2, 0) is 0 Å². The maximum atomic E-state index is 5.99. The molecule has 5 heteroatoms. The largest absolute Gasteiger partial charge is 0.380 e. The van der Waals surface area contributed by atoms with E-state index in [1.807, 2.05) is 18.2 Å². The summed E-state index contributed by atoms with van der Waals surface area (Å²) in [6, 6.07) is 7.33. The van der Waals surface area contributed by atoms with Crippen molar-refractivity contribution in [3.05, 3.63) is 33.8 Å². The van der Waals surface area contributed by atoms with Crippen molar-refractivity contribution in [3.63, 3.8) is 0 Å². The molecule has 2 N–H and O–H groups in total.